The molecule has 1 aromatic carbocycles. The van der Waals surface area contributed by atoms with Gasteiger partial charge in [-0.1, -0.05) is 26.0 Å². The molecule has 0 aliphatic carbocycles. The highest BCUT2D eigenvalue weighted by atomic mass is 19.1. The van der Waals surface area contributed by atoms with Crippen LogP contribution in [0, 0.1) is 0 Å². The molecule has 2 nitrogen and oxygen atoms in total. The maximum atomic E-state index is 13.3. The van der Waals surface area contributed by atoms with Crippen molar-refractivity contribution in [1.29, 1.82) is 0 Å². The molecule has 0 bridgehead atoms. The summed E-state index contributed by atoms with van der Waals surface area (Å²) in [6, 6.07) is 5.12. The van der Waals surface area contributed by atoms with E-state index < -0.39 is 17.7 Å². The molecule has 0 aliphatic heterocycles. The van der Waals surface area contributed by atoms with E-state index in [-0.39, 0.29) is 5.56 Å². The van der Waals surface area contributed by atoms with Gasteiger partial charge in [0, 0.05) is 5.56 Å². The summed E-state index contributed by atoms with van der Waals surface area (Å²) in [4.78, 5) is 22.5. The summed E-state index contributed by atoms with van der Waals surface area (Å²) >= 11 is 0. The average Bonchev–Trinajstić information content (AvgIpc) is 2.35. The second kappa shape index (κ2) is 5.71. The van der Waals surface area contributed by atoms with Gasteiger partial charge >= 0.3 is 0 Å². The van der Waals surface area contributed by atoms with Gasteiger partial charge in [0.25, 0.3) is 0 Å². The predicted molar refractivity (Wildman–Crippen MR) is 65.1 cm³/mol. The molecule has 0 saturated carbocycles. The van der Waals surface area contributed by atoms with Gasteiger partial charge in [0.1, 0.15) is 0 Å². The normalized spacial score (nSPS) is 12.2. The van der Waals surface area contributed by atoms with Crippen LogP contribution < -0.4 is 0 Å². The van der Waals surface area contributed by atoms with Crippen molar-refractivity contribution in [2.45, 2.75) is 39.8 Å². The molecule has 1 atom stereocenters. The zero-order chi connectivity index (χ0) is 13.0. The van der Waals surface area contributed by atoms with Gasteiger partial charge in [-0.3, -0.25) is 9.59 Å². The molecule has 0 fully saturated rings. The van der Waals surface area contributed by atoms with Gasteiger partial charge in [-0.15, -0.1) is 0 Å². The first kappa shape index (κ1) is 13.6. The van der Waals surface area contributed by atoms with Crippen LogP contribution >= 0.6 is 0 Å². The van der Waals surface area contributed by atoms with Gasteiger partial charge in [-0.05, 0) is 37.0 Å². The summed E-state index contributed by atoms with van der Waals surface area (Å²) < 4.78 is 13.3. The van der Waals surface area contributed by atoms with Crippen LogP contribution in [0.2, 0.25) is 0 Å². The van der Waals surface area contributed by atoms with Crippen LogP contribution in [0.1, 0.15) is 42.3 Å². The molecule has 0 heterocycles. The number of hydrogen-bond donors (Lipinski definition) is 0. The molecule has 1 aromatic rings. The van der Waals surface area contributed by atoms with E-state index in [1.165, 1.54) is 0 Å². The SMILES string of the molecule is CCc1ccc(C(=O)C(F)C(C)=O)cc1CC. The van der Waals surface area contributed by atoms with Crippen molar-refractivity contribution in [2.24, 2.45) is 0 Å². The van der Waals surface area contributed by atoms with E-state index in [9.17, 15) is 14.0 Å². The van der Waals surface area contributed by atoms with Gasteiger partial charge in [-0.2, -0.15) is 0 Å². The van der Waals surface area contributed by atoms with E-state index >= 15 is 0 Å². The molecule has 1 rings (SSSR count). The molecule has 0 saturated heterocycles. The van der Waals surface area contributed by atoms with Crippen LogP contribution in [0.3, 0.4) is 0 Å². The van der Waals surface area contributed by atoms with E-state index in [0.717, 1.165) is 30.9 Å². The van der Waals surface area contributed by atoms with Crippen molar-refractivity contribution in [1.82, 2.24) is 0 Å². The molecular formula is C14H17FO2. The maximum absolute atomic E-state index is 13.3. The number of carbonyl (C=O) groups excluding carboxylic acids is 2. The zero-order valence-corrected chi connectivity index (χ0v) is 10.4. The summed E-state index contributed by atoms with van der Waals surface area (Å²) in [5.41, 5.74) is 2.47. The summed E-state index contributed by atoms with van der Waals surface area (Å²) in [5, 5.41) is 0. The Morgan fingerprint density at radius 2 is 1.76 bits per heavy atom. The van der Waals surface area contributed by atoms with Crippen molar-refractivity contribution in [3.63, 3.8) is 0 Å². The number of hydrogen-bond acceptors (Lipinski definition) is 2. The van der Waals surface area contributed by atoms with Gasteiger partial charge in [0.05, 0.1) is 0 Å². The quantitative estimate of drug-likeness (QED) is 0.582. The smallest absolute Gasteiger partial charge is 0.220 e. The molecule has 0 spiro atoms. The molecule has 1 unspecified atom stereocenters. The highest BCUT2D eigenvalue weighted by Crippen LogP contribution is 2.16. The van der Waals surface area contributed by atoms with Crippen molar-refractivity contribution in [2.75, 3.05) is 0 Å². The maximum Gasteiger partial charge on any atom is 0.220 e. The second-order valence-electron chi connectivity index (χ2n) is 4.03. The fourth-order valence-electron chi connectivity index (χ4n) is 1.78. The number of Topliss-reactive ketones (excluding diaryl/α,β-unsaturated/α-hetero) is 2. The molecule has 0 radical (unpaired) electrons. The molecule has 0 N–H and O–H groups in total. The third-order valence-corrected chi connectivity index (χ3v) is 2.84. The molecular weight excluding hydrogens is 219 g/mol. The van der Waals surface area contributed by atoms with E-state index in [2.05, 4.69) is 0 Å². The first-order valence-electron chi connectivity index (χ1n) is 5.81. The van der Waals surface area contributed by atoms with Gasteiger partial charge in [0.15, 0.2) is 5.78 Å². The lowest BCUT2D eigenvalue weighted by Crippen LogP contribution is -2.23. The van der Waals surface area contributed by atoms with Crippen molar-refractivity contribution in [3.8, 4) is 0 Å². The Balaban J connectivity index is 3.08. The molecule has 3 heteroatoms. The molecule has 92 valence electrons. The lowest BCUT2D eigenvalue weighted by atomic mass is 9.96. The van der Waals surface area contributed by atoms with E-state index in [1.807, 2.05) is 19.9 Å². The Labute approximate surface area is 101 Å². The topological polar surface area (TPSA) is 34.1 Å². The van der Waals surface area contributed by atoms with E-state index in [4.69, 9.17) is 0 Å². The minimum absolute atomic E-state index is 0.279. The van der Waals surface area contributed by atoms with Crippen LogP contribution in [0.25, 0.3) is 0 Å². The summed E-state index contributed by atoms with van der Waals surface area (Å²) in [7, 11) is 0. The number of alkyl halides is 1. The van der Waals surface area contributed by atoms with Crippen molar-refractivity contribution < 1.29 is 14.0 Å². The standard InChI is InChI=1S/C14H17FO2/c1-4-10-6-7-12(8-11(10)5-2)14(17)13(15)9(3)16/h6-8,13H,4-5H2,1-3H3. The second-order valence-corrected chi connectivity index (χ2v) is 4.03. The number of rotatable bonds is 5. The fraction of sp³-hybridized carbons (Fsp3) is 0.429. The molecule has 17 heavy (non-hydrogen) atoms. The highest BCUT2D eigenvalue weighted by Gasteiger charge is 2.23. The van der Waals surface area contributed by atoms with Crippen LogP contribution in [0.15, 0.2) is 18.2 Å². The number of benzene rings is 1. The lowest BCUT2D eigenvalue weighted by Gasteiger charge is -2.09. The van der Waals surface area contributed by atoms with Gasteiger partial charge < -0.3 is 0 Å². The minimum Gasteiger partial charge on any atom is -0.296 e. The zero-order valence-electron chi connectivity index (χ0n) is 10.4. The number of aryl methyl sites for hydroxylation is 2. The summed E-state index contributed by atoms with van der Waals surface area (Å²) in [6.07, 6.45) is -0.364. The fourth-order valence-corrected chi connectivity index (χ4v) is 1.78. The minimum atomic E-state index is -2.04. The number of halogens is 1. The molecule has 0 aromatic heterocycles. The Bertz CT molecular complexity index is 438. The van der Waals surface area contributed by atoms with Crippen LogP contribution in [-0.2, 0) is 17.6 Å². The van der Waals surface area contributed by atoms with Gasteiger partial charge in [-0.25, -0.2) is 4.39 Å². The highest BCUT2D eigenvalue weighted by molar-refractivity contribution is 6.12. The predicted octanol–water partition coefficient (Wildman–Crippen LogP) is 2.92. The summed E-state index contributed by atoms with van der Waals surface area (Å²) in [5.74, 6) is -1.48. The molecule has 0 amide bonds. The van der Waals surface area contributed by atoms with E-state index in [0.29, 0.717) is 0 Å². The number of carbonyl (C=O) groups is 2. The Hall–Kier alpha value is -1.51. The Kier molecular flexibility index (Phi) is 4.55. The third kappa shape index (κ3) is 2.99. The average molecular weight is 236 g/mol. The Morgan fingerprint density at radius 1 is 1.18 bits per heavy atom. The summed E-state index contributed by atoms with van der Waals surface area (Å²) in [6.45, 7) is 5.11. The molecule has 0 aliphatic rings. The van der Waals surface area contributed by atoms with Crippen LogP contribution in [0.5, 0.6) is 0 Å². The monoisotopic (exact) mass is 236 g/mol. The first-order valence-corrected chi connectivity index (χ1v) is 5.81. The first-order chi connectivity index (χ1) is 8.01. The lowest BCUT2D eigenvalue weighted by molar-refractivity contribution is -0.120. The van der Waals surface area contributed by atoms with E-state index in [1.54, 1.807) is 12.1 Å². The van der Waals surface area contributed by atoms with Gasteiger partial charge in [0.2, 0.25) is 12.0 Å². The van der Waals surface area contributed by atoms with Crippen molar-refractivity contribution in [3.05, 3.63) is 34.9 Å². The van der Waals surface area contributed by atoms with Crippen molar-refractivity contribution >= 4 is 11.6 Å². The number of ketones is 2. The Morgan fingerprint density at radius 3 is 2.24 bits per heavy atom. The van der Waals surface area contributed by atoms with Crippen LogP contribution in [-0.4, -0.2) is 17.7 Å². The largest absolute Gasteiger partial charge is 0.296 e. The third-order valence-electron chi connectivity index (χ3n) is 2.84. The van der Waals surface area contributed by atoms with Crippen LogP contribution in [0.4, 0.5) is 4.39 Å².